The van der Waals surface area contributed by atoms with Gasteiger partial charge in [0, 0.05) is 16.8 Å². The van der Waals surface area contributed by atoms with Gasteiger partial charge in [0.15, 0.2) is 11.9 Å². The van der Waals surface area contributed by atoms with Gasteiger partial charge in [-0.3, -0.25) is 14.3 Å². The quantitative estimate of drug-likeness (QED) is 0.559. The highest BCUT2D eigenvalue weighted by molar-refractivity contribution is 6.31. The zero-order chi connectivity index (χ0) is 24.1. The van der Waals surface area contributed by atoms with Gasteiger partial charge in [0.05, 0.1) is 29.8 Å². The third kappa shape index (κ3) is 4.38. The monoisotopic (exact) mass is 498 g/mol. The van der Waals surface area contributed by atoms with Gasteiger partial charge in [-0.05, 0) is 56.7 Å². The third-order valence-electron chi connectivity index (χ3n) is 6.68. The molecule has 3 aliphatic carbocycles. The Hall–Kier alpha value is -2.66. The molecule has 0 saturated heterocycles. The molecule has 2 heterocycles. The maximum Gasteiger partial charge on any atom is 0.522 e. The fourth-order valence-electron chi connectivity index (χ4n) is 5.13. The van der Waals surface area contributed by atoms with Crippen molar-refractivity contribution in [3.8, 4) is 5.75 Å². The largest absolute Gasteiger partial charge is 0.522 e. The normalized spacial score (nSPS) is 27.3. The number of carbonyl (C=O) groups is 2. The Morgan fingerprint density at radius 2 is 2.06 bits per heavy atom. The van der Waals surface area contributed by atoms with Crippen LogP contribution >= 0.6 is 11.6 Å². The zero-order valence-electron chi connectivity index (χ0n) is 18.0. The Bertz CT molecular complexity index is 1120. The molecule has 2 aromatic rings. The predicted octanol–water partition coefficient (Wildman–Crippen LogP) is 3.57. The topological polar surface area (TPSA) is 95.3 Å². The Labute approximate surface area is 197 Å². The molecule has 2 bridgehead atoms. The maximum absolute atomic E-state index is 12.8. The van der Waals surface area contributed by atoms with Crippen LogP contribution in [0.25, 0.3) is 0 Å². The van der Waals surface area contributed by atoms with E-state index in [1.165, 1.54) is 0 Å². The predicted molar refractivity (Wildman–Crippen MR) is 112 cm³/mol. The van der Waals surface area contributed by atoms with Crippen LogP contribution in [-0.4, -0.2) is 51.3 Å². The summed E-state index contributed by atoms with van der Waals surface area (Å²) < 4.78 is 47.3. The number of nitrogens with zero attached hydrogens (tertiary/aromatic N) is 3. The van der Waals surface area contributed by atoms with Crippen molar-refractivity contribution in [3.63, 3.8) is 0 Å². The van der Waals surface area contributed by atoms with Gasteiger partial charge >= 0.3 is 6.36 Å². The van der Waals surface area contributed by atoms with E-state index in [-0.39, 0.29) is 42.2 Å². The second kappa shape index (κ2) is 8.23. The fraction of sp³-hybridized carbons (Fsp3) is 0.545. The zero-order valence-corrected chi connectivity index (χ0v) is 18.8. The first kappa shape index (κ1) is 23.1. The molecule has 0 unspecified atom stereocenters. The molecule has 1 aliphatic heterocycles. The summed E-state index contributed by atoms with van der Waals surface area (Å²) in [6.45, 7) is -0.376. The Kier molecular flexibility index (Phi) is 5.59. The van der Waals surface area contributed by atoms with Gasteiger partial charge in [-0.25, -0.2) is 4.68 Å². The van der Waals surface area contributed by atoms with E-state index in [0.717, 1.165) is 0 Å². The number of halogens is 4. The van der Waals surface area contributed by atoms with Crippen molar-refractivity contribution < 1.29 is 32.2 Å². The van der Waals surface area contributed by atoms with Crippen molar-refractivity contribution in [1.82, 2.24) is 20.3 Å². The molecule has 4 aliphatic rings. The van der Waals surface area contributed by atoms with Crippen LogP contribution in [0.5, 0.6) is 5.75 Å². The minimum Gasteiger partial charge on any atom is -0.479 e. The third-order valence-corrected chi connectivity index (χ3v) is 6.92. The van der Waals surface area contributed by atoms with Gasteiger partial charge in [-0.2, -0.15) is 0 Å². The highest BCUT2D eigenvalue weighted by Crippen LogP contribution is 2.65. The number of amides is 1. The number of nitrogens with one attached hydrogen (secondary N) is 1. The average Bonchev–Trinajstić information content (AvgIpc) is 3.17. The van der Waals surface area contributed by atoms with E-state index < -0.39 is 12.5 Å². The lowest BCUT2D eigenvalue weighted by Crippen LogP contribution is -2.79. The minimum atomic E-state index is -4.60. The van der Waals surface area contributed by atoms with Crippen molar-refractivity contribution in [2.24, 2.45) is 0 Å². The summed E-state index contributed by atoms with van der Waals surface area (Å²) in [5.41, 5.74) is 0.550. The van der Waals surface area contributed by atoms with Crippen molar-refractivity contribution in [1.29, 1.82) is 0 Å². The molecule has 1 aromatic carbocycles. The second-order valence-electron chi connectivity index (χ2n) is 9.30. The van der Waals surface area contributed by atoms with Gasteiger partial charge in [-0.15, -0.1) is 18.3 Å². The van der Waals surface area contributed by atoms with Crippen LogP contribution in [0.3, 0.4) is 0 Å². The highest BCUT2D eigenvalue weighted by atomic mass is 35.5. The van der Waals surface area contributed by atoms with E-state index in [4.69, 9.17) is 16.3 Å². The van der Waals surface area contributed by atoms with Gasteiger partial charge in [0.1, 0.15) is 5.75 Å². The number of ketones is 1. The summed E-state index contributed by atoms with van der Waals surface area (Å²) in [6, 6.07) is 4.75. The summed E-state index contributed by atoms with van der Waals surface area (Å²) in [7, 11) is 0. The number of Topliss-reactive ketones (excluding diaryl/α,β-unsaturated/α-hetero) is 1. The van der Waals surface area contributed by atoms with E-state index in [1.54, 1.807) is 22.9 Å². The summed E-state index contributed by atoms with van der Waals surface area (Å²) >= 11 is 5.94. The van der Waals surface area contributed by atoms with Gasteiger partial charge in [0.25, 0.3) is 5.91 Å². The molecule has 1 aromatic heterocycles. The Morgan fingerprint density at radius 1 is 1.29 bits per heavy atom. The van der Waals surface area contributed by atoms with E-state index in [9.17, 15) is 22.8 Å². The van der Waals surface area contributed by atoms with Crippen LogP contribution in [-0.2, 0) is 21.5 Å². The number of aromatic nitrogens is 3. The smallest absolute Gasteiger partial charge is 0.479 e. The lowest BCUT2D eigenvalue weighted by atomic mass is 9.44. The number of hydrogen-bond donors (Lipinski definition) is 1. The minimum absolute atomic E-state index is 0.0408. The fourth-order valence-corrected chi connectivity index (χ4v) is 5.31. The molecule has 6 rings (SSSR count). The molecular weight excluding hydrogens is 477 g/mol. The lowest BCUT2D eigenvalue weighted by molar-refractivity contribution is -0.324. The number of aryl methyl sites for hydroxylation is 1. The van der Waals surface area contributed by atoms with Gasteiger partial charge in [-0.1, -0.05) is 16.8 Å². The van der Waals surface area contributed by atoms with Gasteiger partial charge < -0.3 is 10.1 Å². The molecule has 8 nitrogen and oxygen atoms in total. The number of fused-ring (bicyclic) bond motifs is 1. The van der Waals surface area contributed by atoms with Crippen LogP contribution in [0.15, 0.2) is 24.4 Å². The lowest BCUT2D eigenvalue weighted by Gasteiger charge is -2.69. The van der Waals surface area contributed by atoms with Gasteiger partial charge in [0.2, 0.25) is 0 Å². The van der Waals surface area contributed by atoms with E-state index in [0.29, 0.717) is 54.1 Å². The van der Waals surface area contributed by atoms with Crippen LogP contribution < -0.4 is 10.1 Å². The van der Waals surface area contributed by atoms with E-state index >= 15 is 0 Å². The molecule has 12 heteroatoms. The number of alkyl halides is 3. The number of unbranched alkanes of at least 4 members (excludes halogenated alkanes) is 1. The van der Waals surface area contributed by atoms with E-state index in [2.05, 4.69) is 20.4 Å². The first-order valence-corrected chi connectivity index (χ1v) is 11.4. The van der Waals surface area contributed by atoms with Crippen molar-refractivity contribution in [2.75, 3.05) is 6.61 Å². The molecule has 3 fully saturated rings. The molecule has 0 spiro atoms. The average molecular weight is 499 g/mol. The maximum atomic E-state index is 12.8. The summed E-state index contributed by atoms with van der Waals surface area (Å²) in [6.07, 6.45) is -0.322. The van der Waals surface area contributed by atoms with Crippen LogP contribution in [0.4, 0.5) is 13.2 Å². The number of rotatable bonds is 8. The van der Waals surface area contributed by atoms with Crippen molar-refractivity contribution in [2.45, 2.75) is 68.5 Å². The highest BCUT2D eigenvalue weighted by Gasteiger charge is 2.70. The van der Waals surface area contributed by atoms with Crippen molar-refractivity contribution in [3.05, 3.63) is 40.7 Å². The SMILES string of the molecule is O=C1C[C@H](C(=O)NC23CC(n4cc(CCCCOC(F)(F)F)nn4)(C2)C3)Oc2ccc(Cl)cc21. The van der Waals surface area contributed by atoms with E-state index in [1.807, 2.05) is 6.20 Å². The van der Waals surface area contributed by atoms with Crippen LogP contribution in [0.2, 0.25) is 5.02 Å². The Balaban J connectivity index is 1.10. The number of benzene rings is 1. The molecule has 1 amide bonds. The standard InChI is InChI=1S/C22H22ClF3N4O4/c23-13-4-5-17-15(7-13)16(31)8-18(34-17)19(32)27-20-10-21(11-20,12-20)30-9-14(28-29-30)3-1-2-6-33-22(24,25)26/h4-5,7,9,18H,1-3,6,8,10-12H2,(H,27,32)/t18-,20?,21?/m1/s1. The first-order valence-electron chi connectivity index (χ1n) is 11.0. The molecule has 0 radical (unpaired) electrons. The molecule has 34 heavy (non-hydrogen) atoms. The molecular formula is C22H22ClF3N4O4. The molecule has 1 atom stereocenters. The summed E-state index contributed by atoms with van der Waals surface area (Å²) in [5.74, 6) is -0.143. The first-order chi connectivity index (χ1) is 16.1. The second-order valence-corrected chi connectivity index (χ2v) is 9.74. The van der Waals surface area contributed by atoms with Crippen LogP contribution in [0.1, 0.15) is 54.6 Å². The molecule has 1 N–H and O–H groups in total. The van der Waals surface area contributed by atoms with Crippen molar-refractivity contribution >= 4 is 23.3 Å². The molecule has 182 valence electrons. The number of carbonyl (C=O) groups excluding carboxylic acids is 2. The number of ether oxygens (including phenoxy) is 2. The van der Waals surface area contributed by atoms with Crippen LogP contribution in [0, 0.1) is 0 Å². The summed E-state index contributed by atoms with van der Waals surface area (Å²) in [5, 5.41) is 11.8. The summed E-state index contributed by atoms with van der Waals surface area (Å²) in [4.78, 5) is 25.2. The number of hydrogen-bond acceptors (Lipinski definition) is 6. The Morgan fingerprint density at radius 3 is 2.79 bits per heavy atom. The molecule has 3 saturated carbocycles.